The van der Waals surface area contributed by atoms with Gasteiger partial charge < -0.3 is 10.1 Å². The van der Waals surface area contributed by atoms with Gasteiger partial charge in [-0.1, -0.05) is 0 Å². The van der Waals surface area contributed by atoms with E-state index in [-0.39, 0.29) is 11.8 Å². The fourth-order valence-electron chi connectivity index (χ4n) is 2.59. The van der Waals surface area contributed by atoms with Crippen molar-refractivity contribution in [3.8, 4) is 5.75 Å². The smallest absolute Gasteiger partial charge is 0.242 e. The summed E-state index contributed by atoms with van der Waals surface area (Å²) >= 11 is 0. The number of amides is 1. The molecular formula is C12H16N4O2. The number of ether oxygens (including phenoxy) is 1. The predicted octanol–water partition coefficient (Wildman–Crippen LogP) is -0.00130. The van der Waals surface area contributed by atoms with E-state index in [2.05, 4.69) is 21.2 Å². The summed E-state index contributed by atoms with van der Waals surface area (Å²) in [5.41, 5.74) is 5.53. The Morgan fingerprint density at radius 1 is 1.44 bits per heavy atom. The van der Waals surface area contributed by atoms with E-state index in [1.165, 1.54) is 0 Å². The molecule has 3 rings (SSSR count). The maximum Gasteiger partial charge on any atom is 0.242 e. The van der Waals surface area contributed by atoms with Crippen molar-refractivity contribution >= 4 is 11.7 Å². The summed E-state index contributed by atoms with van der Waals surface area (Å²) in [6, 6.07) is 3.55. The van der Waals surface area contributed by atoms with Crippen LogP contribution in [0.15, 0.2) is 18.3 Å². The molecule has 3 atom stereocenters. The molecule has 1 saturated carbocycles. The highest BCUT2D eigenvalue weighted by Gasteiger charge is 2.56. The minimum atomic E-state index is 0.0594. The highest BCUT2D eigenvalue weighted by Crippen LogP contribution is 2.48. The monoisotopic (exact) mass is 248 g/mol. The molecule has 2 aliphatic rings. The van der Waals surface area contributed by atoms with Gasteiger partial charge in [0, 0.05) is 5.92 Å². The van der Waals surface area contributed by atoms with Crippen molar-refractivity contribution in [1.82, 2.24) is 15.7 Å². The average molecular weight is 248 g/mol. The van der Waals surface area contributed by atoms with Crippen LogP contribution in [-0.4, -0.2) is 31.1 Å². The SMILES string of the molecule is COc1ccc(NNC(=O)C2[C@H]3CNC[C@@H]23)nc1. The molecule has 1 aromatic heterocycles. The first-order valence-corrected chi connectivity index (χ1v) is 6.06. The normalized spacial score (nSPS) is 28.4. The summed E-state index contributed by atoms with van der Waals surface area (Å²) in [5, 5.41) is 3.27. The molecule has 1 saturated heterocycles. The Bertz CT molecular complexity index is 438. The van der Waals surface area contributed by atoms with E-state index in [1.807, 2.05) is 0 Å². The van der Waals surface area contributed by atoms with Gasteiger partial charge in [0.1, 0.15) is 11.6 Å². The fraction of sp³-hybridized carbons (Fsp3) is 0.500. The number of anilines is 1. The second-order valence-corrected chi connectivity index (χ2v) is 4.71. The minimum Gasteiger partial charge on any atom is -0.495 e. The lowest BCUT2D eigenvalue weighted by atomic mass is 10.3. The first-order valence-electron chi connectivity index (χ1n) is 6.06. The topological polar surface area (TPSA) is 75.3 Å². The van der Waals surface area contributed by atoms with Crippen LogP contribution in [0.5, 0.6) is 5.75 Å². The van der Waals surface area contributed by atoms with Crippen LogP contribution in [0.3, 0.4) is 0 Å². The number of hydrogen-bond donors (Lipinski definition) is 3. The van der Waals surface area contributed by atoms with Crippen molar-refractivity contribution in [2.45, 2.75) is 0 Å². The van der Waals surface area contributed by atoms with Crippen LogP contribution in [-0.2, 0) is 4.79 Å². The van der Waals surface area contributed by atoms with E-state index in [9.17, 15) is 4.79 Å². The predicted molar refractivity (Wildman–Crippen MR) is 65.9 cm³/mol. The Morgan fingerprint density at radius 3 is 2.83 bits per heavy atom. The molecule has 1 amide bonds. The Hall–Kier alpha value is -1.82. The number of pyridine rings is 1. The molecule has 1 unspecified atom stereocenters. The van der Waals surface area contributed by atoms with Gasteiger partial charge in [0.25, 0.3) is 0 Å². The van der Waals surface area contributed by atoms with Gasteiger partial charge in [0.15, 0.2) is 0 Å². The van der Waals surface area contributed by atoms with Crippen LogP contribution >= 0.6 is 0 Å². The summed E-state index contributed by atoms with van der Waals surface area (Å²) in [4.78, 5) is 16.0. The molecule has 2 heterocycles. The number of hydrazine groups is 1. The number of fused-ring (bicyclic) bond motifs is 1. The molecule has 0 spiro atoms. The molecule has 6 nitrogen and oxygen atoms in total. The van der Waals surface area contributed by atoms with Crippen LogP contribution < -0.4 is 20.9 Å². The lowest BCUT2D eigenvalue weighted by Gasteiger charge is -2.09. The number of piperidine rings is 1. The largest absolute Gasteiger partial charge is 0.495 e. The maximum atomic E-state index is 11.9. The number of nitrogens with zero attached hydrogens (tertiary/aromatic N) is 1. The number of aromatic nitrogens is 1. The fourth-order valence-corrected chi connectivity index (χ4v) is 2.59. The van der Waals surface area contributed by atoms with Gasteiger partial charge in [-0.25, -0.2) is 4.98 Å². The molecule has 3 N–H and O–H groups in total. The zero-order valence-electron chi connectivity index (χ0n) is 10.1. The number of nitrogens with one attached hydrogen (secondary N) is 3. The zero-order chi connectivity index (χ0) is 12.5. The molecule has 0 radical (unpaired) electrons. The Labute approximate surface area is 105 Å². The zero-order valence-corrected chi connectivity index (χ0v) is 10.1. The second-order valence-electron chi connectivity index (χ2n) is 4.71. The van der Waals surface area contributed by atoms with Gasteiger partial charge in [-0.05, 0) is 37.1 Å². The Balaban J connectivity index is 1.50. The molecular weight excluding hydrogens is 232 g/mol. The Morgan fingerprint density at radius 2 is 2.22 bits per heavy atom. The van der Waals surface area contributed by atoms with Crippen LogP contribution in [0.1, 0.15) is 0 Å². The van der Waals surface area contributed by atoms with E-state index < -0.39 is 0 Å². The standard InChI is InChI=1S/C12H16N4O2/c1-18-7-2-3-10(14-4-7)15-16-12(17)11-8-5-13-6-9(8)11/h2-4,8-9,11,13H,5-6H2,1H3,(H,14,15)(H,16,17)/t8-,9+,11?. The highest BCUT2D eigenvalue weighted by atomic mass is 16.5. The molecule has 1 aromatic rings. The molecule has 2 fully saturated rings. The molecule has 1 aliphatic carbocycles. The number of methoxy groups -OCH3 is 1. The van der Waals surface area contributed by atoms with Gasteiger partial charge >= 0.3 is 0 Å². The molecule has 18 heavy (non-hydrogen) atoms. The summed E-state index contributed by atoms with van der Waals surface area (Å²) in [6.07, 6.45) is 1.60. The number of carbonyl (C=O) groups excluding carboxylic acids is 1. The Kier molecular flexibility index (Phi) is 2.79. The van der Waals surface area contributed by atoms with Crippen molar-refractivity contribution in [2.75, 3.05) is 25.6 Å². The van der Waals surface area contributed by atoms with Gasteiger partial charge in [-0.3, -0.25) is 15.6 Å². The summed E-state index contributed by atoms with van der Waals surface area (Å²) in [5.74, 6) is 2.56. The molecule has 96 valence electrons. The van der Waals surface area contributed by atoms with Crippen molar-refractivity contribution < 1.29 is 9.53 Å². The van der Waals surface area contributed by atoms with Crippen LogP contribution in [0.2, 0.25) is 0 Å². The summed E-state index contributed by atoms with van der Waals surface area (Å²) in [7, 11) is 1.59. The van der Waals surface area contributed by atoms with Gasteiger partial charge in [-0.2, -0.15) is 0 Å². The minimum absolute atomic E-state index is 0.0594. The van der Waals surface area contributed by atoms with Crippen molar-refractivity contribution in [3.05, 3.63) is 18.3 Å². The van der Waals surface area contributed by atoms with E-state index >= 15 is 0 Å². The van der Waals surface area contributed by atoms with E-state index in [0.29, 0.717) is 23.4 Å². The van der Waals surface area contributed by atoms with Crippen LogP contribution in [0, 0.1) is 17.8 Å². The van der Waals surface area contributed by atoms with Gasteiger partial charge in [-0.15, -0.1) is 0 Å². The van der Waals surface area contributed by atoms with E-state index in [4.69, 9.17) is 4.74 Å². The number of carbonyl (C=O) groups is 1. The second kappa shape index (κ2) is 4.45. The van der Waals surface area contributed by atoms with Crippen molar-refractivity contribution in [2.24, 2.45) is 17.8 Å². The quantitative estimate of drug-likeness (QED) is 0.654. The van der Waals surface area contributed by atoms with Gasteiger partial charge in [0.2, 0.25) is 5.91 Å². The molecule has 6 heteroatoms. The van der Waals surface area contributed by atoms with Crippen molar-refractivity contribution in [1.29, 1.82) is 0 Å². The maximum absolute atomic E-state index is 11.9. The number of rotatable bonds is 4. The summed E-state index contributed by atoms with van der Waals surface area (Å²) in [6.45, 7) is 1.92. The third-order valence-corrected chi connectivity index (χ3v) is 3.68. The third-order valence-electron chi connectivity index (χ3n) is 3.68. The van der Waals surface area contributed by atoms with Crippen molar-refractivity contribution in [3.63, 3.8) is 0 Å². The number of hydrogen-bond acceptors (Lipinski definition) is 5. The first-order chi connectivity index (χ1) is 8.79. The molecule has 0 bridgehead atoms. The highest BCUT2D eigenvalue weighted by molar-refractivity contribution is 5.83. The average Bonchev–Trinajstić information content (AvgIpc) is 2.90. The third kappa shape index (κ3) is 1.99. The molecule has 1 aliphatic heterocycles. The van der Waals surface area contributed by atoms with Crippen LogP contribution in [0.25, 0.3) is 0 Å². The van der Waals surface area contributed by atoms with Crippen LogP contribution in [0.4, 0.5) is 5.82 Å². The van der Waals surface area contributed by atoms with E-state index in [0.717, 1.165) is 13.1 Å². The van der Waals surface area contributed by atoms with E-state index in [1.54, 1.807) is 25.4 Å². The van der Waals surface area contributed by atoms with Gasteiger partial charge in [0.05, 0.1) is 13.3 Å². The lowest BCUT2D eigenvalue weighted by molar-refractivity contribution is -0.122. The lowest BCUT2D eigenvalue weighted by Crippen LogP contribution is -2.34. The first kappa shape index (κ1) is 11.3. The molecule has 0 aromatic carbocycles. The summed E-state index contributed by atoms with van der Waals surface area (Å²) < 4.78 is 5.01.